The Kier molecular flexibility index (Phi) is 4.02. The Morgan fingerprint density at radius 3 is 2.25 bits per heavy atom. The fourth-order valence-electron chi connectivity index (χ4n) is 1.59. The van der Waals surface area contributed by atoms with Crippen molar-refractivity contribution in [2.45, 2.75) is 39.5 Å². The summed E-state index contributed by atoms with van der Waals surface area (Å²) in [5, 5.41) is 11.1. The third-order valence-electron chi connectivity index (χ3n) is 2.37. The number of nitrogens with zero attached hydrogens (tertiary/aromatic N) is 2. The second-order valence-electron chi connectivity index (χ2n) is 4.33. The zero-order chi connectivity index (χ0) is 12.5. The first kappa shape index (κ1) is 13.1. The van der Waals surface area contributed by atoms with Crippen molar-refractivity contribution in [3.63, 3.8) is 0 Å². The lowest BCUT2D eigenvalue weighted by Crippen LogP contribution is -2.06. The van der Waals surface area contributed by atoms with Gasteiger partial charge in [0.15, 0.2) is 0 Å². The predicted octanol–water partition coefficient (Wildman–Crippen LogP) is 4.00. The maximum absolute atomic E-state index is 11.1. The second-order valence-corrected chi connectivity index (χ2v) is 5.15. The minimum absolute atomic E-state index is 0.0374. The van der Waals surface area contributed by atoms with E-state index in [0.29, 0.717) is 10.3 Å². The highest BCUT2D eigenvalue weighted by atomic mass is 79.9. The summed E-state index contributed by atoms with van der Waals surface area (Å²) in [6.07, 6.45) is 0. The van der Waals surface area contributed by atoms with Crippen LogP contribution in [0.25, 0.3) is 0 Å². The third kappa shape index (κ3) is 2.58. The van der Waals surface area contributed by atoms with E-state index in [1.54, 1.807) is 6.07 Å². The molecule has 0 aromatic carbocycles. The number of aromatic nitrogens is 1. The van der Waals surface area contributed by atoms with E-state index in [4.69, 9.17) is 0 Å². The van der Waals surface area contributed by atoms with Crippen LogP contribution in [0.3, 0.4) is 0 Å². The molecule has 4 nitrogen and oxygen atoms in total. The fourth-order valence-corrected chi connectivity index (χ4v) is 2.02. The first-order valence-corrected chi connectivity index (χ1v) is 5.98. The average molecular weight is 287 g/mol. The molecule has 0 amide bonds. The SMILES string of the molecule is CC(C)c1cc(Br)nc(C(C)C)c1[N+](=O)[O-]. The highest BCUT2D eigenvalue weighted by Gasteiger charge is 2.25. The van der Waals surface area contributed by atoms with E-state index in [9.17, 15) is 10.1 Å². The number of pyridine rings is 1. The monoisotopic (exact) mass is 286 g/mol. The largest absolute Gasteiger partial charge is 0.294 e. The first-order valence-electron chi connectivity index (χ1n) is 5.19. The molecule has 0 aliphatic heterocycles. The van der Waals surface area contributed by atoms with Gasteiger partial charge in [0.2, 0.25) is 0 Å². The third-order valence-corrected chi connectivity index (χ3v) is 2.78. The van der Waals surface area contributed by atoms with Crippen molar-refractivity contribution in [1.29, 1.82) is 0 Å². The molecule has 5 heteroatoms. The Labute approximate surface area is 103 Å². The Bertz CT molecular complexity index is 387. The van der Waals surface area contributed by atoms with Crippen molar-refractivity contribution in [2.75, 3.05) is 0 Å². The Balaban J connectivity index is 3.54. The van der Waals surface area contributed by atoms with Gasteiger partial charge in [0, 0.05) is 11.5 Å². The molecule has 0 fully saturated rings. The predicted molar refractivity (Wildman–Crippen MR) is 66.8 cm³/mol. The van der Waals surface area contributed by atoms with Crippen molar-refractivity contribution in [1.82, 2.24) is 4.98 Å². The van der Waals surface area contributed by atoms with Crippen LogP contribution in [0.15, 0.2) is 10.7 Å². The zero-order valence-electron chi connectivity index (χ0n) is 9.82. The molecule has 0 atom stereocenters. The smallest absolute Gasteiger partial charge is 0.258 e. The van der Waals surface area contributed by atoms with Crippen LogP contribution < -0.4 is 0 Å². The van der Waals surface area contributed by atoms with Gasteiger partial charge in [-0.3, -0.25) is 10.1 Å². The molecule has 0 N–H and O–H groups in total. The molecule has 1 aromatic heterocycles. The Hall–Kier alpha value is -0.970. The number of hydrogen-bond acceptors (Lipinski definition) is 3. The lowest BCUT2D eigenvalue weighted by molar-refractivity contribution is -0.386. The molecule has 0 saturated carbocycles. The maximum atomic E-state index is 11.1. The van der Waals surface area contributed by atoms with E-state index in [0.717, 1.165) is 5.56 Å². The van der Waals surface area contributed by atoms with Gasteiger partial charge in [-0.1, -0.05) is 27.7 Å². The van der Waals surface area contributed by atoms with Gasteiger partial charge in [0.1, 0.15) is 10.3 Å². The van der Waals surface area contributed by atoms with Crippen molar-refractivity contribution < 1.29 is 4.92 Å². The van der Waals surface area contributed by atoms with Gasteiger partial charge in [-0.15, -0.1) is 0 Å². The van der Waals surface area contributed by atoms with Crippen LogP contribution in [0.4, 0.5) is 5.69 Å². The topological polar surface area (TPSA) is 56.0 Å². The molecule has 0 aliphatic rings. The molecule has 0 unspecified atom stereocenters. The van der Waals surface area contributed by atoms with Gasteiger partial charge < -0.3 is 0 Å². The molecule has 1 aromatic rings. The molecular formula is C11H15BrN2O2. The van der Waals surface area contributed by atoms with Crippen molar-refractivity contribution in [2.24, 2.45) is 0 Å². The molecule has 16 heavy (non-hydrogen) atoms. The molecule has 0 spiro atoms. The van der Waals surface area contributed by atoms with Crippen LogP contribution in [0.2, 0.25) is 0 Å². The summed E-state index contributed by atoms with van der Waals surface area (Å²) in [6.45, 7) is 7.70. The van der Waals surface area contributed by atoms with Crippen LogP contribution >= 0.6 is 15.9 Å². The van der Waals surface area contributed by atoms with E-state index < -0.39 is 0 Å². The standard InChI is InChI=1S/C11H15BrN2O2/c1-6(2)8-5-9(12)13-10(7(3)4)11(8)14(15)16/h5-7H,1-4H3. The van der Waals surface area contributed by atoms with Crippen molar-refractivity contribution in [3.05, 3.63) is 32.0 Å². The van der Waals surface area contributed by atoms with Crippen LogP contribution in [0, 0.1) is 10.1 Å². The summed E-state index contributed by atoms with van der Waals surface area (Å²) in [6, 6.07) is 1.73. The van der Waals surface area contributed by atoms with Gasteiger partial charge in [0.05, 0.1) is 4.92 Å². The average Bonchev–Trinajstić information content (AvgIpc) is 2.15. The Morgan fingerprint density at radius 2 is 1.88 bits per heavy atom. The van der Waals surface area contributed by atoms with E-state index in [1.165, 1.54) is 0 Å². The van der Waals surface area contributed by atoms with Gasteiger partial charge >= 0.3 is 0 Å². The molecular weight excluding hydrogens is 272 g/mol. The maximum Gasteiger partial charge on any atom is 0.294 e. The summed E-state index contributed by atoms with van der Waals surface area (Å²) in [5.41, 5.74) is 1.44. The molecule has 0 saturated heterocycles. The number of rotatable bonds is 3. The highest BCUT2D eigenvalue weighted by Crippen LogP contribution is 2.34. The van der Waals surface area contributed by atoms with Crippen molar-refractivity contribution >= 4 is 21.6 Å². The van der Waals surface area contributed by atoms with Gasteiger partial charge in [0.25, 0.3) is 5.69 Å². The lowest BCUT2D eigenvalue weighted by Gasteiger charge is -2.12. The summed E-state index contributed by atoms with van der Waals surface area (Å²) < 4.78 is 0.658. The normalized spacial score (nSPS) is 11.2. The summed E-state index contributed by atoms with van der Waals surface area (Å²) in [5.74, 6) is 0.146. The van der Waals surface area contributed by atoms with E-state index in [-0.39, 0.29) is 22.4 Å². The molecule has 0 bridgehead atoms. The van der Waals surface area contributed by atoms with E-state index in [2.05, 4.69) is 20.9 Å². The number of halogens is 1. The summed E-state index contributed by atoms with van der Waals surface area (Å²) in [4.78, 5) is 15.0. The number of nitro groups is 1. The molecule has 1 rings (SSSR count). The van der Waals surface area contributed by atoms with Crippen LogP contribution in [-0.2, 0) is 0 Å². The van der Waals surface area contributed by atoms with Crippen LogP contribution in [0.5, 0.6) is 0 Å². The first-order chi connectivity index (χ1) is 7.34. The van der Waals surface area contributed by atoms with Crippen molar-refractivity contribution in [3.8, 4) is 0 Å². The van der Waals surface area contributed by atoms with Gasteiger partial charge in [-0.2, -0.15) is 0 Å². The number of hydrogen-bond donors (Lipinski definition) is 0. The zero-order valence-corrected chi connectivity index (χ0v) is 11.4. The highest BCUT2D eigenvalue weighted by molar-refractivity contribution is 9.10. The minimum Gasteiger partial charge on any atom is -0.258 e. The van der Waals surface area contributed by atoms with Crippen LogP contribution in [-0.4, -0.2) is 9.91 Å². The Morgan fingerprint density at radius 1 is 1.31 bits per heavy atom. The van der Waals surface area contributed by atoms with Crippen LogP contribution in [0.1, 0.15) is 50.8 Å². The fraction of sp³-hybridized carbons (Fsp3) is 0.545. The quantitative estimate of drug-likeness (QED) is 0.479. The molecule has 0 aliphatic carbocycles. The summed E-state index contributed by atoms with van der Waals surface area (Å²) in [7, 11) is 0. The van der Waals surface area contributed by atoms with Gasteiger partial charge in [-0.25, -0.2) is 4.98 Å². The minimum atomic E-state index is -0.329. The molecule has 0 radical (unpaired) electrons. The second kappa shape index (κ2) is 4.91. The molecule has 88 valence electrons. The lowest BCUT2D eigenvalue weighted by atomic mass is 9.97. The van der Waals surface area contributed by atoms with E-state index >= 15 is 0 Å². The summed E-state index contributed by atoms with van der Waals surface area (Å²) >= 11 is 3.30. The molecule has 1 heterocycles. The van der Waals surface area contributed by atoms with E-state index in [1.807, 2.05) is 27.7 Å². The van der Waals surface area contributed by atoms with Gasteiger partial charge in [-0.05, 0) is 27.9 Å².